The van der Waals surface area contributed by atoms with Gasteiger partial charge < -0.3 is 11.1 Å². The molecule has 2 aromatic rings. The molecule has 1 aliphatic rings. The molecule has 1 amide bonds. The van der Waals surface area contributed by atoms with Crippen LogP contribution in [-0.4, -0.2) is 15.7 Å². The molecule has 2 heterocycles. The first-order chi connectivity index (χ1) is 9.06. The van der Waals surface area contributed by atoms with E-state index in [-0.39, 0.29) is 5.91 Å². The van der Waals surface area contributed by atoms with Crippen LogP contribution in [0.4, 0.5) is 11.5 Å². The van der Waals surface area contributed by atoms with Crippen molar-refractivity contribution < 1.29 is 4.79 Å². The Bertz CT molecular complexity index is 672. The minimum absolute atomic E-state index is 0.0809. The van der Waals surface area contributed by atoms with Gasteiger partial charge in [-0.05, 0) is 36.6 Å². The molecule has 1 aliphatic heterocycles. The highest BCUT2D eigenvalue weighted by atomic mass is 16.1. The lowest BCUT2D eigenvalue weighted by Crippen LogP contribution is -2.18. The third-order valence-electron chi connectivity index (χ3n) is 3.65. The van der Waals surface area contributed by atoms with Gasteiger partial charge in [-0.1, -0.05) is 6.07 Å². The predicted octanol–water partition coefficient (Wildman–Crippen LogP) is 1.86. The number of nitrogen functional groups attached to an aromatic ring is 1. The zero-order valence-corrected chi connectivity index (χ0v) is 11.0. The van der Waals surface area contributed by atoms with Crippen molar-refractivity contribution >= 4 is 17.4 Å². The molecular weight excluding hydrogens is 240 g/mol. The molecule has 5 heteroatoms. The minimum atomic E-state index is 0.0809. The third kappa shape index (κ3) is 1.87. The summed E-state index contributed by atoms with van der Waals surface area (Å²) in [4.78, 5) is 11.3. The summed E-state index contributed by atoms with van der Waals surface area (Å²) < 4.78 is 1.78. The quantitative estimate of drug-likeness (QED) is 0.818. The number of nitrogens with two attached hydrogens (primary N) is 1. The Kier molecular flexibility index (Phi) is 2.55. The first-order valence-corrected chi connectivity index (χ1v) is 6.28. The van der Waals surface area contributed by atoms with Crippen molar-refractivity contribution in [3.63, 3.8) is 0 Å². The molecule has 0 spiro atoms. The van der Waals surface area contributed by atoms with Crippen molar-refractivity contribution in [2.24, 2.45) is 7.05 Å². The van der Waals surface area contributed by atoms with Crippen molar-refractivity contribution in [3.8, 4) is 11.1 Å². The molecule has 0 aliphatic carbocycles. The molecule has 3 N–H and O–H groups in total. The van der Waals surface area contributed by atoms with Gasteiger partial charge in [0.1, 0.15) is 0 Å². The molecule has 0 fully saturated rings. The van der Waals surface area contributed by atoms with Gasteiger partial charge in [-0.3, -0.25) is 9.48 Å². The van der Waals surface area contributed by atoms with Crippen molar-refractivity contribution in [1.29, 1.82) is 0 Å². The van der Waals surface area contributed by atoms with E-state index in [4.69, 9.17) is 5.73 Å². The number of fused-ring (bicyclic) bond motifs is 1. The summed E-state index contributed by atoms with van der Waals surface area (Å²) in [5, 5.41) is 7.12. The predicted molar refractivity (Wildman–Crippen MR) is 74.7 cm³/mol. The van der Waals surface area contributed by atoms with Gasteiger partial charge in [-0.25, -0.2) is 0 Å². The van der Waals surface area contributed by atoms with Crippen LogP contribution in [-0.2, 0) is 18.3 Å². The number of carbonyl (C=O) groups is 1. The zero-order chi connectivity index (χ0) is 13.6. The van der Waals surface area contributed by atoms with E-state index in [1.54, 1.807) is 4.68 Å². The maximum atomic E-state index is 11.3. The van der Waals surface area contributed by atoms with Crippen LogP contribution in [0, 0.1) is 6.92 Å². The molecule has 1 aromatic heterocycles. The Hall–Kier alpha value is -2.30. The molecule has 0 atom stereocenters. The fourth-order valence-corrected chi connectivity index (χ4v) is 2.53. The van der Waals surface area contributed by atoms with Crippen molar-refractivity contribution in [3.05, 3.63) is 29.5 Å². The van der Waals surface area contributed by atoms with Crippen molar-refractivity contribution in [2.45, 2.75) is 19.8 Å². The van der Waals surface area contributed by atoms with E-state index in [0.717, 1.165) is 34.5 Å². The summed E-state index contributed by atoms with van der Waals surface area (Å²) in [5.74, 6) is 0.622. The molecule has 0 radical (unpaired) electrons. The lowest BCUT2D eigenvalue weighted by molar-refractivity contribution is -0.116. The smallest absolute Gasteiger partial charge is 0.224 e. The Morgan fingerprint density at radius 2 is 2.16 bits per heavy atom. The second kappa shape index (κ2) is 4.12. The molecular formula is C14H16N4O. The molecule has 98 valence electrons. The second-order valence-corrected chi connectivity index (χ2v) is 4.89. The Balaban J connectivity index is 2.10. The van der Waals surface area contributed by atoms with E-state index in [2.05, 4.69) is 16.5 Å². The summed E-state index contributed by atoms with van der Waals surface area (Å²) >= 11 is 0. The number of amides is 1. The second-order valence-electron chi connectivity index (χ2n) is 4.89. The Labute approximate surface area is 111 Å². The standard InChI is InChI=1S/C14H16N4O/c1-8-13(14(15)17-18(8)2)10-3-5-11-9(7-10)4-6-12(19)16-11/h3,5,7H,4,6H2,1-2H3,(H2,15,17)(H,16,19). The first kappa shape index (κ1) is 11.8. The number of anilines is 2. The van der Waals surface area contributed by atoms with Crippen molar-refractivity contribution in [1.82, 2.24) is 9.78 Å². The van der Waals surface area contributed by atoms with Crippen LogP contribution in [0.1, 0.15) is 17.7 Å². The summed E-state index contributed by atoms with van der Waals surface area (Å²) in [6.07, 6.45) is 1.31. The molecule has 5 nitrogen and oxygen atoms in total. The van der Waals surface area contributed by atoms with Gasteiger partial charge in [0.15, 0.2) is 5.82 Å². The average molecular weight is 256 g/mol. The number of nitrogens with one attached hydrogen (secondary N) is 1. The van der Waals surface area contributed by atoms with Gasteiger partial charge in [0, 0.05) is 30.4 Å². The normalized spacial score (nSPS) is 14.1. The minimum Gasteiger partial charge on any atom is -0.382 e. The van der Waals surface area contributed by atoms with Gasteiger partial charge in [-0.15, -0.1) is 0 Å². The Morgan fingerprint density at radius 3 is 2.84 bits per heavy atom. The molecule has 0 bridgehead atoms. The number of carbonyl (C=O) groups excluding carboxylic acids is 1. The number of hydrogen-bond acceptors (Lipinski definition) is 3. The average Bonchev–Trinajstić information content (AvgIpc) is 2.63. The molecule has 1 aromatic carbocycles. The fourth-order valence-electron chi connectivity index (χ4n) is 2.53. The number of benzene rings is 1. The Morgan fingerprint density at radius 1 is 1.37 bits per heavy atom. The fraction of sp³-hybridized carbons (Fsp3) is 0.286. The largest absolute Gasteiger partial charge is 0.382 e. The van der Waals surface area contributed by atoms with E-state index < -0.39 is 0 Å². The molecule has 0 saturated heterocycles. The number of hydrogen-bond donors (Lipinski definition) is 2. The maximum absolute atomic E-state index is 11.3. The van der Waals surface area contributed by atoms with E-state index in [1.165, 1.54) is 0 Å². The van der Waals surface area contributed by atoms with Crippen LogP contribution in [0.15, 0.2) is 18.2 Å². The summed E-state index contributed by atoms with van der Waals surface area (Å²) in [5.41, 5.74) is 11.1. The van der Waals surface area contributed by atoms with Gasteiger partial charge in [-0.2, -0.15) is 5.10 Å². The lowest BCUT2D eigenvalue weighted by Gasteiger charge is -2.17. The number of aromatic nitrogens is 2. The highest BCUT2D eigenvalue weighted by molar-refractivity contribution is 5.94. The van der Waals surface area contributed by atoms with Gasteiger partial charge >= 0.3 is 0 Å². The SMILES string of the molecule is Cc1c(-c2ccc3c(c2)CCC(=O)N3)c(N)nn1C. The van der Waals surface area contributed by atoms with Crippen LogP contribution in [0.3, 0.4) is 0 Å². The van der Waals surface area contributed by atoms with Crippen LogP contribution in [0.5, 0.6) is 0 Å². The summed E-state index contributed by atoms with van der Waals surface area (Å²) in [6, 6.07) is 6.01. The van der Waals surface area contributed by atoms with Gasteiger partial charge in [0.2, 0.25) is 5.91 Å². The summed E-state index contributed by atoms with van der Waals surface area (Å²) in [6.45, 7) is 2.00. The highest BCUT2D eigenvalue weighted by Gasteiger charge is 2.18. The topological polar surface area (TPSA) is 72.9 Å². The summed E-state index contributed by atoms with van der Waals surface area (Å²) in [7, 11) is 1.88. The molecule has 19 heavy (non-hydrogen) atoms. The maximum Gasteiger partial charge on any atom is 0.224 e. The third-order valence-corrected chi connectivity index (χ3v) is 3.65. The number of aryl methyl sites for hydroxylation is 2. The zero-order valence-electron chi connectivity index (χ0n) is 11.0. The number of nitrogens with zero attached hydrogens (tertiary/aromatic N) is 2. The van der Waals surface area contributed by atoms with Crippen LogP contribution < -0.4 is 11.1 Å². The van der Waals surface area contributed by atoms with Crippen LogP contribution in [0.2, 0.25) is 0 Å². The first-order valence-electron chi connectivity index (χ1n) is 6.28. The van der Waals surface area contributed by atoms with E-state index in [0.29, 0.717) is 12.2 Å². The van der Waals surface area contributed by atoms with Gasteiger partial charge in [0.25, 0.3) is 0 Å². The molecule has 0 unspecified atom stereocenters. The molecule has 3 rings (SSSR count). The van der Waals surface area contributed by atoms with Crippen LogP contribution in [0.25, 0.3) is 11.1 Å². The van der Waals surface area contributed by atoms with Crippen LogP contribution >= 0.6 is 0 Å². The highest BCUT2D eigenvalue weighted by Crippen LogP contribution is 2.33. The molecule has 0 saturated carbocycles. The number of rotatable bonds is 1. The monoisotopic (exact) mass is 256 g/mol. The van der Waals surface area contributed by atoms with Gasteiger partial charge in [0.05, 0.1) is 0 Å². The van der Waals surface area contributed by atoms with E-state index in [1.807, 2.05) is 26.1 Å². The van der Waals surface area contributed by atoms with E-state index >= 15 is 0 Å². The lowest BCUT2D eigenvalue weighted by atomic mass is 9.97. The van der Waals surface area contributed by atoms with E-state index in [9.17, 15) is 4.79 Å². The van der Waals surface area contributed by atoms with Crippen molar-refractivity contribution in [2.75, 3.05) is 11.1 Å².